The first kappa shape index (κ1) is 11.7. The summed E-state index contributed by atoms with van der Waals surface area (Å²) in [5, 5.41) is 3.64. The van der Waals surface area contributed by atoms with Crippen LogP contribution in [0.25, 0.3) is 0 Å². The molecule has 0 amide bonds. The summed E-state index contributed by atoms with van der Waals surface area (Å²) < 4.78 is 0. The molecule has 16 heavy (non-hydrogen) atoms. The summed E-state index contributed by atoms with van der Waals surface area (Å²) >= 11 is 0. The highest BCUT2D eigenvalue weighted by Gasteiger charge is 2.20. The largest absolute Gasteiger partial charge is 0.310 e. The van der Waals surface area contributed by atoms with Crippen LogP contribution in [-0.4, -0.2) is 6.54 Å². The average Bonchev–Trinajstić information content (AvgIpc) is 3.06. The quantitative estimate of drug-likeness (QED) is 0.792. The van der Waals surface area contributed by atoms with Crippen LogP contribution in [0.15, 0.2) is 18.2 Å². The van der Waals surface area contributed by atoms with E-state index < -0.39 is 0 Å². The van der Waals surface area contributed by atoms with E-state index >= 15 is 0 Å². The Bertz CT molecular complexity index is 352. The predicted molar refractivity (Wildman–Crippen MR) is 69.7 cm³/mol. The zero-order valence-corrected chi connectivity index (χ0v) is 10.7. The molecule has 1 fully saturated rings. The third-order valence-corrected chi connectivity index (χ3v) is 3.81. The SMILES string of the molecule is Cc1cccc(C(C)NCCC2CC2)c1C. The fourth-order valence-electron chi connectivity index (χ4n) is 2.26. The Hall–Kier alpha value is -0.820. The lowest BCUT2D eigenvalue weighted by molar-refractivity contribution is 0.538. The second-order valence-electron chi connectivity index (χ2n) is 5.20. The lowest BCUT2D eigenvalue weighted by atomic mass is 9.98. The first-order valence-corrected chi connectivity index (χ1v) is 6.48. The van der Waals surface area contributed by atoms with E-state index in [0.29, 0.717) is 6.04 Å². The maximum absolute atomic E-state index is 3.64. The van der Waals surface area contributed by atoms with Gasteiger partial charge in [0.25, 0.3) is 0 Å². The Morgan fingerprint density at radius 3 is 2.75 bits per heavy atom. The van der Waals surface area contributed by atoms with Crippen LogP contribution in [-0.2, 0) is 0 Å². The molecule has 88 valence electrons. The van der Waals surface area contributed by atoms with E-state index in [1.807, 2.05) is 0 Å². The van der Waals surface area contributed by atoms with Crippen molar-refractivity contribution >= 4 is 0 Å². The summed E-state index contributed by atoms with van der Waals surface area (Å²) in [5.74, 6) is 1.03. The molecule has 1 saturated carbocycles. The third-order valence-electron chi connectivity index (χ3n) is 3.81. The maximum Gasteiger partial charge on any atom is 0.0294 e. The van der Waals surface area contributed by atoms with Crippen LogP contribution in [0.3, 0.4) is 0 Å². The van der Waals surface area contributed by atoms with Gasteiger partial charge < -0.3 is 5.32 Å². The predicted octanol–water partition coefficient (Wildman–Crippen LogP) is 3.75. The van der Waals surface area contributed by atoms with Crippen molar-refractivity contribution in [2.45, 2.75) is 46.1 Å². The van der Waals surface area contributed by atoms with E-state index in [2.05, 4.69) is 44.3 Å². The molecule has 0 heterocycles. The normalized spacial score (nSPS) is 17.4. The van der Waals surface area contributed by atoms with Gasteiger partial charge in [0, 0.05) is 6.04 Å². The van der Waals surface area contributed by atoms with Crippen LogP contribution in [0.4, 0.5) is 0 Å². The number of benzene rings is 1. The fourth-order valence-corrected chi connectivity index (χ4v) is 2.26. The van der Waals surface area contributed by atoms with Gasteiger partial charge in [0.1, 0.15) is 0 Å². The van der Waals surface area contributed by atoms with Gasteiger partial charge in [-0.05, 0) is 56.3 Å². The Balaban J connectivity index is 1.91. The molecule has 1 aliphatic carbocycles. The molecule has 1 aromatic carbocycles. The smallest absolute Gasteiger partial charge is 0.0294 e. The highest BCUT2D eigenvalue weighted by atomic mass is 14.9. The molecule has 0 saturated heterocycles. The molecule has 1 unspecified atom stereocenters. The fraction of sp³-hybridized carbons (Fsp3) is 0.600. The molecule has 0 radical (unpaired) electrons. The molecule has 0 bridgehead atoms. The van der Waals surface area contributed by atoms with Crippen LogP contribution in [0, 0.1) is 19.8 Å². The summed E-state index contributed by atoms with van der Waals surface area (Å²) in [5.41, 5.74) is 4.29. The van der Waals surface area contributed by atoms with Crippen LogP contribution >= 0.6 is 0 Å². The number of aryl methyl sites for hydroxylation is 1. The van der Waals surface area contributed by atoms with Gasteiger partial charge in [-0.15, -0.1) is 0 Å². The Morgan fingerprint density at radius 2 is 2.06 bits per heavy atom. The molecule has 1 N–H and O–H groups in total. The van der Waals surface area contributed by atoms with Gasteiger partial charge in [-0.1, -0.05) is 31.0 Å². The summed E-state index contributed by atoms with van der Waals surface area (Å²) in [6.45, 7) is 7.85. The summed E-state index contributed by atoms with van der Waals surface area (Å²) in [6.07, 6.45) is 4.27. The molecular weight excluding hydrogens is 194 g/mol. The van der Waals surface area contributed by atoms with Crippen LogP contribution < -0.4 is 5.32 Å². The van der Waals surface area contributed by atoms with E-state index in [0.717, 1.165) is 5.92 Å². The van der Waals surface area contributed by atoms with Crippen molar-refractivity contribution in [3.63, 3.8) is 0 Å². The number of hydrogen-bond acceptors (Lipinski definition) is 1. The van der Waals surface area contributed by atoms with Gasteiger partial charge in [0.05, 0.1) is 0 Å². The molecule has 1 aliphatic rings. The molecule has 0 spiro atoms. The Labute approximate surface area is 99.3 Å². The highest BCUT2D eigenvalue weighted by molar-refractivity contribution is 5.34. The molecular formula is C15H23N. The van der Waals surface area contributed by atoms with E-state index in [-0.39, 0.29) is 0 Å². The van der Waals surface area contributed by atoms with Crippen molar-refractivity contribution in [3.8, 4) is 0 Å². The van der Waals surface area contributed by atoms with E-state index in [1.165, 1.54) is 42.5 Å². The zero-order chi connectivity index (χ0) is 11.5. The van der Waals surface area contributed by atoms with Crippen LogP contribution in [0.5, 0.6) is 0 Å². The molecule has 0 aromatic heterocycles. The van der Waals surface area contributed by atoms with E-state index in [1.54, 1.807) is 0 Å². The van der Waals surface area contributed by atoms with Gasteiger partial charge in [-0.3, -0.25) is 0 Å². The molecule has 1 nitrogen and oxygen atoms in total. The first-order valence-electron chi connectivity index (χ1n) is 6.48. The van der Waals surface area contributed by atoms with Gasteiger partial charge in [-0.2, -0.15) is 0 Å². The zero-order valence-electron chi connectivity index (χ0n) is 10.7. The third kappa shape index (κ3) is 2.85. The highest BCUT2D eigenvalue weighted by Crippen LogP contribution is 2.32. The van der Waals surface area contributed by atoms with Crippen molar-refractivity contribution in [2.24, 2.45) is 5.92 Å². The van der Waals surface area contributed by atoms with Crippen LogP contribution in [0.2, 0.25) is 0 Å². The van der Waals surface area contributed by atoms with Crippen LogP contribution in [0.1, 0.15) is 48.9 Å². The van der Waals surface area contributed by atoms with Crippen molar-refractivity contribution in [3.05, 3.63) is 34.9 Å². The standard InChI is InChI=1S/C15H23N/c1-11-5-4-6-15(12(11)2)13(3)16-10-9-14-7-8-14/h4-6,13-14,16H,7-10H2,1-3H3. The maximum atomic E-state index is 3.64. The second kappa shape index (κ2) is 5.01. The second-order valence-corrected chi connectivity index (χ2v) is 5.20. The molecule has 0 aliphatic heterocycles. The molecule has 1 aromatic rings. The Kier molecular flexibility index (Phi) is 3.65. The van der Waals surface area contributed by atoms with Gasteiger partial charge in [0.15, 0.2) is 0 Å². The van der Waals surface area contributed by atoms with E-state index in [9.17, 15) is 0 Å². The summed E-state index contributed by atoms with van der Waals surface area (Å²) in [6, 6.07) is 7.09. The van der Waals surface area contributed by atoms with Crippen molar-refractivity contribution in [1.82, 2.24) is 5.32 Å². The Morgan fingerprint density at radius 1 is 1.31 bits per heavy atom. The van der Waals surface area contributed by atoms with Gasteiger partial charge >= 0.3 is 0 Å². The molecule has 2 rings (SSSR count). The van der Waals surface area contributed by atoms with Crippen molar-refractivity contribution < 1.29 is 0 Å². The molecule has 1 atom stereocenters. The minimum absolute atomic E-state index is 0.485. The topological polar surface area (TPSA) is 12.0 Å². The first-order chi connectivity index (χ1) is 7.68. The van der Waals surface area contributed by atoms with Gasteiger partial charge in [0.2, 0.25) is 0 Å². The lowest BCUT2D eigenvalue weighted by Gasteiger charge is -2.17. The lowest BCUT2D eigenvalue weighted by Crippen LogP contribution is -2.21. The summed E-state index contributed by atoms with van der Waals surface area (Å²) in [4.78, 5) is 0. The van der Waals surface area contributed by atoms with E-state index in [4.69, 9.17) is 0 Å². The van der Waals surface area contributed by atoms with Gasteiger partial charge in [-0.25, -0.2) is 0 Å². The number of hydrogen-bond donors (Lipinski definition) is 1. The summed E-state index contributed by atoms with van der Waals surface area (Å²) in [7, 11) is 0. The minimum atomic E-state index is 0.485. The number of nitrogens with one attached hydrogen (secondary N) is 1. The minimum Gasteiger partial charge on any atom is -0.310 e. The average molecular weight is 217 g/mol. The number of rotatable bonds is 5. The molecule has 1 heteroatoms. The van der Waals surface area contributed by atoms with Crippen molar-refractivity contribution in [1.29, 1.82) is 0 Å². The van der Waals surface area contributed by atoms with Crippen molar-refractivity contribution in [2.75, 3.05) is 6.54 Å². The monoisotopic (exact) mass is 217 g/mol.